The standard InChI is InChI=1S/C7H7N2O2P/c10-7(8-9-12-11)6-4-2-1-3-5-6/h1-5H,(H,8,10)(H,9,11). The van der Waals surface area contributed by atoms with Crippen LogP contribution in [-0.2, 0) is 4.57 Å². The van der Waals surface area contributed by atoms with E-state index in [-0.39, 0.29) is 14.5 Å². The monoisotopic (exact) mass is 182 g/mol. The van der Waals surface area contributed by atoms with E-state index in [4.69, 9.17) is 0 Å². The Kier molecular flexibility index (Phi) is 3.38. The molecule has 0 aliphatic heterocycles. The normalized spacial score (nSPS) is 9.67. The summed E-state index contributed by atoms with van der Waals surface area (Å²) in [7, 11) is -0.322. The highest BCUT2D eigenvalue weighted by atomic mass is 31.1. The van der Waals surface area contributed by atoms with Crippen molar-refractivity contribution < 1.29 is 9.36 Å². The average molecular weight is 182 g/mol. The van der Waals surface area contributed by atoms with Crippen LogP contribution < -0.4 is 10.6 Å². The second-order valence-corrected chi connectivity index (χ2v) is 2.43. The van der Waals surface area contributed by atoms with E-state index in [1.807, 2.05) is 6.07 Å². The fourth-order valence-electron chi connectivity index (χ4n) is 0.735. The summed E-state index contributed by atoms with van der Waals surface area (Å²) in [6.45, 7) is 0. The van der Waals surface area contributed by atoms with Gasteiger partial charge in [-0.3, -0.25) is 14.8 Å². The number of benzene rings is 1. The molecule has 0 atom stereocenters. The van der Waals surface area contributed by atoms with Gasteiger partial charge in [-0.1, -0.05) is 18.2 Å². The highest BCUT2D eigenvalue weighted by molar-refractivity contribution is 7.20. The van der Waals surface area contributed by atoms with E-state index in [0.717, 1.165) is 0 Å². The average Bonchev–Trinajstić information content (AvgIpc) is 2.15. The predicted octanol–water partition coefficient (Wildman–Crippen LogP) is 1.13. The minimum absolute atomic E-state index is 0.307. The van der Waals surface area contributed by atoms with E-state index in [2.05, 4.69) is 10.6 Å². The van der Waals surface area contributed by atoms with Crippen LogP contribution in [0.25, 0.3) is 0 Å². The second-order valence-electron chi connectivity index (χ2n) is 2.02. The van der Waals surface area contributed by atoms with Gasteiger partial charge in [-0.15, -0.1) is 5.20 Å². The maximum atomic E-state index is 11.1. The topological polar surface area (TPSA) is 58.2 Å². The van der Waals surface area contributed by atoms with Gasteiger partial charge in [0.25, 0.3) is 14.5 Å². The molecule has 2 N–H and O–H groups in total. The Morgan fingerprint density at radius 1 is 1.25 bits per heavy atom. The number of carbonyl (C=O) groups is 1. The molecule has 0 spiro atoms. The Morgan fingerprint density at radius 2 is 1.92 bits per heavy atom. The Balaban J connectivity index is 2.59. The Hall–Kier alpha value is -1.25. The maximum absolute atomic E-state index is 11.1. The first-order valence-corrected chi connectivity index (χ1v) is 4.08. The Bertz CT molecular complexity index is 276. The SMILES string of the molecule is O=PNNC(=O)c1ccccc1. The predicted molar refractivity (Wildman–Crippen MR) is 44.7 cm³/mol. The van der Waals surface area contributed by atoms with E-state index in [9.17, 15) is 9.36 Å². The number of hydrogen-bond acceptors (Lipinski definition) is 2. The molecule has 12 heavy (non-hydrogen) atoms. The zero-order valence-corrected chi connectivity index (χ0v) is 7.04. The Labute approximate surface area is 71.2 Å². The van der Waals surface area contributed by atoms with Crippen LogP contribution in [-0.4, -0.2) is 5.91 Å². The third-order valence-electron chi connectivity index (χ3n) is 1.25. The highest BCUT2D eigenvalue weighted by Gasteiger charge is 2.01. The lowest BCUT2D eigenvalue weighted by molar-refractivity contribution is 0.0946. The molecule has 1 aromatic carbocycles. The maximum Gasteiger partial charge on any atom is 0.266 e. The lowest BCUT2D eigenvalue weighted by Crippen LogP contribution is -2.30. The molecule has 0 heterocycles. The number of hydrogen-bond donors (Lipinski definition) is 2. The molecule has 0 aromatic heterocycles. The van der Waals surface area contributed by atoms with Gasteiger partial charge in [-0.25, -0.2) is 0 Å². The van der Waals surface area contributed by atoms with Crippen LogP contribution in [0.3, 0.4) is 0 Å². The van der Waals surface area contributed by atoms with Crippen LogP contribution in [0, 0.1) is 0 Å². The summed E-state index contributed by atoms with van der Waals surface area (Å²) < 4.78 is 9.91. The Morgan fingerprint density at radius 3 is 2.50 bits per heavy atom. The summed E-state index contributed by atoms with van der Waals surface area (Å²) in [5.41, 5.74) is 2.76. The molecule has 0 saturated heterocycles. The van der Waals surface area contributed by atoms with Gasteiger partial charge in [-0.05, 0) is 12.1 Å². The first-order chi connectivity index (χ1) is 5.84. The number of hydrazine groups is 1. The van der Waals surface area contributed by atoms with Crippen molar-refractivity contribution in [2.24, 2.45) is 0 Å². The zero-order valence-electron chi connectivity index (χ0n) is 6.15. The molecule has 0 unspecified atom stereocenters. The smallest absolute Gasteiger partial charge is 0.266 e. The molecular formula is C7H7N2O2P. The first-order valence-electron chi connectivity index (χ1n) is 3.27. The molecule has 5 heteroatoms. The molecule has 62 valence electrons. The van der Waals surface area contributed by atoms with Gasteiger partial charge in [0.05, 0.1) is 0 Å². The van der Waals surface area contributed by atoms with Gasteiger partial charge in [0.1, 0.15) is 0 Å². The van der Waals surface area contributed by atoms with Gasteiger partial charge in [0.2, 0.25) is 0 Å². The van der Waals surface area contributed by atoms with Crippen LogP contribution in [0.15, 0.2) is 30.3 Å². The molecular weight excluding hydrogens is 175 g/mol. The van der Waals surface area contributed by atoms with E-state index in [0.29, 0.717) is 5.56 Å². The van der Waals surface area contributed by atoms with Crippen molar-refractivity contribution in [1.82, 2.24) is 10.6 Å². The van der Waals surface area contributed by atoms with E-state index in [1.54, 1.807) is 24.3 Å². The molecule has 0 bridgehead atoms. The quantitative estimate of drug-likeness (QED) is 0.544. The lowest BCUT2D eigenvalue weighted by atomic mass is 10.2. The van der Waals surface area contributed by atoms with Gasteiger partial charge >= 0.3 is 0 Å². The minimum atomic E-state index is -0.322. The molecule has 0 saturated carbocycles. The van der Waals surface area contributed by atoms with Crippen molar-refractivity contribution in [1.29, 1.82) is 0 Å². The molecule has 1 aromatic rings. The summed E-state index contributed by atoms with van der Waals surface area (Å²) in [6, 6.07) is 8.65. The molecule has 0 aliphatic rings. The number of nitrogens with one attached hydrogen (secondary N) is 2. The van der Waals surface area contributed by atoms with Gasteiger partial charge < -0.3 is 0 Å². The van der Waals surface area contributed by atoms with Crippen molar-refractivity contribution >= 4 is 14.5 Å². The molecule has 1 amide bonds. The van der Waals surface area contributed by atoms with Crippen LogP contribution in [0.5, 0.6) is 0 Å². The van der Waals surface area contributed by atoms with Crippen molar-refractivity contribution in [2.45, 2.75) is 0 Å². The number of carbonyl (C=O) groups excluding carboxylic acids is 1. The van der Waals surface area contributed by atoms with Crippen molar-refractivity contribution in [3.8, 4) is 0 Å². The van der Waals surface area contributed by atoms with Crippen molar-refractivity contribution in [3.05, 3.63) is 35.9 Å². The highest BCUT2D eigenvalue weighted by Crippen LogP contribution is 1.96. The minimum Gasteiger partial charge on any atom is -0.277 e. The number of rotatable bonds is 3. The zero-order chi connectivity index (χ0) is 8.81. The summed E-state index contributed by atoms with van der Waals surface area (Å²) in [5.74, 6) is -0.307. The molecule has 0 aliphatic carbocycles. The summed E-state index contributed by atoms with van der Waals surface area (Å²) in [5, 5.41) is 2.16. The van der Waals surface area contributed by atoms with Gasteiger partial charge in [0.15, 0.2) is 0 Å². The summed E-state index contributed by atoms with van der Waals surface area (Å²) in [6.07, 6.45) is 0. The molecule has 0 fully saturated rings. The fraction of sp³-hybridized carbons (Fsp3) is 0. The van der Waals surface area contributed by atoms with E-state index >= 15 is 0 Å². The lowest BCUT2D eigenvalue weighted by Gasteiger charge is -1.99. The summed E-state index contributed by atoms with van der Waals surface area (Å²) >= 11 is 0. The van der Waals surface area contributed by atoms with Crippen LogP contribution in [0.1, 0.15) is 10.4 Å². The van der Waals surface area contributed by atoms with Crippen LogP contribution in [0.2, 0.25) is 0 Å². The number of amides is 1. The third-order valence-corrected chi connectivity index (χ3v) is 1.45. The van der Waals surface area contributed by atoms with Crippen molar-refractivity contribution in [2.75, 3.05) is 0 Å². The van der Waals surface area contributed by atoms with Gasteiger partial charge in [0, 0.05) is 5.56 Å². The largest absolute Gasteiger partial charge is 0.277 e. The molecule has 0 radical (unpaired) electrons. The van der Waals surface area contributed by atoms with E-state index in [1.165, 1.54) is 0 Å². The van der Waals surface area contributed by atoms with Crippen molar-refractivity contribution in [3.63, 3.8) is 0 Å². The van der Waals surface area contributed by atoms with Crippen LogP contribution in [0.4, 0.5) is 0 Å². The first kappa shape index (κ1) is 8.84. The second kappa shape index (κ2) is 4.59. The fourth-order valence-corrected chi connectivity index (χ4v) is 0.882. The van der Waals surface area contributed by atoms with E-state index < -0.39 is 0 Å². The third kappa shape index (κ3) is 2.42. The van der Waals surface area contributed by atoms with Gasteiger partial charge in [-0.2, -0.15) is 0 Å². The molecule has 4 nitrogen and oxygen atoms in total. The summed E-state index contributed by atoms with van der Waals surface area (Å²) in [4.78, 5) is 11.1. The van der Waals surface area contributed by atoms with Crippen LogP contribution >= 0.6 is 8.61 Å². The molecule has 1 rings (SSSR count).